The van der Waals surface area contributed by atoms with Gasteiger partial charge in [0.1, 0.15) is 0 Å². The molecule has 0 fully saturated rings. The topological polar surface area (TPSA) is 34.9 Å². The van der Waals surface area contributed by atoms with Gasteiger partial charge in [-0.2, -0.15) is 5.10 Å². The molecule has 0 aliphatic heterocycles. The minimum atomic E-state index is 0.241. The van der Waals surface area contributed by atoms with Crippen LogP contribution in [0.3, 0.4) is 0 Å². The standard InChI is InChI=1S/C10H12N2O/c1-12-7-9(6-11-12)8-3-2-4-10(13)5-8/h5-7H,2-4H2,1H3. The number of aryl methyl sites for hydroxylation is 1. The lowest BCUT2D eigenvalue weighted by molar-refractivity contribution is -0.114. The fourth-order valence-corrected chi connectivity index (χ4v) is 1.61. The molecule has 1 aromatic rings. The Hall–Kier alpha value is -1.38. The van der Waals surface area contributed by atoms with Crippen LogP contribution in [-0.4, -0.2) is 15.6 Å². The van der Waals surface area contributed by atoms with Gasteiger partial charge >= 0.3 is 0 Å². The number of hydrogen-bond donors (Lipinski definition) is 0. The van der Waals surface area contributed by atoms with Crippen LogP contribution in [-0.2, 0) is 11.8 Å². The Labute approximate surface area is 77.1 Å². The van der Waals surface area contributed by atoms with E-state index < -0.39 is 0 Å². The van der Waals surface area contributed by atoms with E-state index in [4.69, 9.17) is 0 Å². The lowest BCUT2D eigenvalue weighted by Crippen LogP contribution is -2.01. The highest BCUT2D eigenvalue weighted by molar-refractivity contribution is 5.98. The van der Waals surface area contributed by atoms with E-state index in [1.807, 2.05) is 19.4 Å². The van der Waals surface area contributed by atoms with E-state index in [1.165, 1.54) is 0 Å². The van der Waals surface area contributed by atoms with Crippen LogP contribution < -0.4 is 0 Å². The van der Waals surface area contributed by atoms with Crippen LogP contribution in [0.25, 0.3) is 5.57 Å². The Morgan fingerprint density at radius 1 is 1.46 bits per heavy atom. The molecule has 0 N–H and O–H groups in total. The summed E-state index contributed by atoms with van der Waals surface area (Å²) in [6, 6.07) is 0. The van der Waals surface area contributed by atoms with Crippen molar-refractivity contribution in [2.75, 3.05) is 0 Å². The molecule has 1 aliphatic rings. The third-order valence-electron chi connectivity index (χ3n) is 2.28. The second-order valence-corrected chi connectivity index (χ2v) is 3.39. The molecule has 3 heteroatoms. The maximum absolute atomic E-state index is 11.1. The normalized spacial score (nSPS) is 17.3. The summed E-state index contributed by atoms with van der Waals surface area (Å²) in [5.74, 6) is 0.241. The minimum absolute atomic E-state index is 0.241. The molecule has 0 radical (unpaired) electrons. The Kier molecular flexibility index (Phi) is 2.00. The van der Waals surface area contributed by atoms with Crippen LogP contribution in [0.2, 0.25) is 0 Å². The predicted octanol–water partition coefficient (Wildman–Crippen LogP) is 1.56. The van der Waals surface area contributed by atoms with Gasteiger partial charge < -0.3 is 0 Å². The zero-order valence-electron chi connectivity index (χ0n) is 7.66. The lowest BCUT2D eigenvalue weighted by Gasteiger charge is -2.09. The van der Waals surface area contributed by atoms with Gasteiger partial charge in [-0.1, -0.05) is 0 Å². The fourth-order valence-electron chi connectivity index (χ4n) is 1.61. The molecule has 0 saturated carbocycles. The fraction of sp³-hybridized carbons (Fsp3) is 0.400. The first-order valence-electron chi connectivity index (χ1n) is 4.48. The quantitative estimate of drug-likeness (QED) is 0.650. The Morgan fingerprint density at radius 2 is 2.31 bits per heavy atom. The summed E-state index contributed by atoms with van der Waals surface area (Å²) in [5.41, 5.74) is 2.21. The van der Waals surface area contributed by atoms with Crippen molar-refractivity contribution in [3.63, 3.8) is 0 Å². The molecule has 0 atom stereocenters. The molecule has 1 heterocycles. The molecule has 3 nitrogen and oxygen atoms in total. The molecule has 0 spiro atoms. The monoisotopic (exact) mass is 176 g/mol. The van der Waals surface area contributed by atoms with Crippen molar-refractivity contribution in [1.29, 1.82) is 0 Å². The Balaban J connectivity index is 2.30. The number of hydrogen-bond acceptors (Lipinski definition) is 2. The number of nitrogens with zero attached hydrogens (tertiary/aromatic N) is 2. The zero-order chi connectivity index (χ0) is 9.26. The molecule has 13 heavy (non-hydrogen) atoms. The van der Waals surface area contributed by atoms with E-state index >= 15 is 0 Å². The predicted molar refractivity (Wildman–Crippen MR) is 50.0 cm³/mol. The van der Waals surface area contributed by atoms with Gasteiger partial charge in [0.25, 0.3) is 0 Å². The maximum Gasteiger partial charge on any atom is 0.155 e. The van der Waals surface area contributed by atoms with Gasteiger partial charge in [0.2, 0.25) is 0 Å². The van der Waals surface area contributed by atoms with Crippen molar-refractivity contribution in [2.45, 2.75) is 19.3 Å². The maximum atomic E-state index is 11.1. The summed E-state index contributed by atoms with van der Waals surface area (Å²) >= 11 is 0. The van der Waals surface area contributed by atoms with Crippen molar-refractivity contribution in [3.05, 3.63) is 24.0 Å². The van der Waals surface area contributed by atoms with Crippen LogP contribution in [0.5, 0.6) is 0 Å². The van der Waals surface area contributed by atoms with E-state index in [0.29, 0.717) is 6.42 Å². The van der Waals surface area contributed by atoms with Gasteiger partial charge in [0, 0.05) is 25.2 Å². The van der Waals surface area contributed by atoms with Crippen LogP contribution in [0.15, 0.2) is 18.5 Å². The summed E-state index contributed by atoms with van der Waals surface area (Å²) in [6.45, 7) is 0. The van der Waals surface area contributed by atoms with Crippen molar-refractivity contribution in [1.82, 2.24) is 9.78 Å². The van der Waals surface area contributed by atoms with Crippen LogP contribution in [0, 0.1) is 0 Å². The number of rotatable bonds is 1. The first-order chi connectivity index (χ1) is 6.25. The SMILES string of the molecule is Cn1cc(C2=CC(=O)CCC2)cn1. The highest BCUT2D eigenvalue weighted by atomic mass is 16.1. The first kappa shape index (κ1) is 8.23. The van der Waals surface area contributed by atoms with Crippen LogP contribution in [0.4, 0.5) is 0 Å². The number of ketones is 1. The van der Waals surface area contributed by atoms with Gasteiger partial charge in [-0.3, -0.25) is 9.48 Å². The van der Waals surface area contributed by atoms with Gasteiger partial charge in [0.15, 0.2) is 5.78 Å². The minimum Gasteiger partial charge on any atom is -0.295 e. The van der Waals surface area contributed by atoms with E-state index in [2.05, 4.69) is 5.10 Å². The van der Waals surface area contributed by atoms with Crippen molar-refractivity contribution in [2.24, 2.45) is 7.05 Å². The van der Waals surface area contributed by atoms with E-state index in [-0.39, 0.29) is 5.78 Å². The third-order valence-corrected chi connectivity index (χ3v) is 2.28. The summed E-state index contributed by atoms with van der Waals surface area (Å²) in [7, 11) is 1.88. The molecule has 2 rings (SSSR count). The molecular formula is C10H12N2O. The number of carbonyl (C=O) groups is 1. The summed E-state index contributed by atoms with van der Waals surface area (Å²) < 4.78 is 1.76. The molecule has 1 aliphatic carbocycles. The number of allylic oxidation sites excluding steroid dienone is 2. The Bertz CT molecular complexity index is 363. The van der Waals surface area contributed by atoms with E-state index in [0.717, 1.165) is 24.0 Å². The molecule has 0 aromatic carbocycles. The average Bonchev–Trinajstić information content (AvgIpc) is 2.52. The highest BCUT2D eigenvalue weighted by Gasteiger charge is 2.12. The van der Waals surface area contributed by atoms with Crippen molar-refractivity contribution >= 4 is 11.4 Å². The van der Waals surface area contributed by atoms with E-state index in [9.17, 15) is 4.79 Å². The molecule has 0 bridgehead atoms. The molecule has 0 unspecified atom stereocenters. The van der Waals surface area contributed by atoms with Crippen LogP contribution in [0.1, 0.15) is 24.8 Å². The zero-order valence-corrected chi connectivity index (χ0v) is 7.66. The molecule has 1 aromatic heterocycles. The van der Waals surface area contributed by atoms with Gasteiger partial charge in [0.05, 0.1) is 6.20 Å². The van der Waals surface area contributed by atoms with Crippen LogP contribution >= 0.6 is 0 Å². The summed E-state index contributed by atoms with van der Waals surface area (Å²) in [5, 5.41) is 4.08. The second-order valence-electron chi connectivity index (χ2n) is 3.39. The molecule has 68 valence electrons. The summed E-state index contributed by atoms with van der Waals surface area (Å²) in [4.78, 5) is 11.1. The highest BCUT2D eigenvalue weighted by Crippen LogP contribution is 2.24. The second kappa shape index (κ2) is 3.17. The average molecular weight is 176 g/mol. The molecule has 0 amide bonds. The first-order valence-corrected chi connectivity index (χ1v) is 4.48. The van der Waals surface area contributed by atoms with Gasteiger partial charge in [-0.05, 0) is 24.5 Å². The largest absolute Gasteiger partial charge is 0.295 e. The third kappa shape index (κ3) is 1.69. The summed E-state index contributed by atoms with van der Waals surface area (Å²) in [6.07, 6.45) is 8.18. The lowest BCUT2D eigenvalue weighted by atomic mass is 9.95. The van der Waals surface area contributed by atoms with Gasteiger partial charge in [-0.25, -0.2) is 0 Å². The smallest absolute Gasteiger partial charge is 0.155 e. The number of aromatic nitrogens is 2. The molecular weight excluding hydrogens is 164 g/mol. The van der Waals surface area contributed by atoms with Crippen molar-refractivity contribution in [3.8, 4) is 0 Å². The molecule has 0 saturated heterocycles. The Morgan fingerprint density at radius 3 is 2.92 bits per heavy atom. The van der Waals surface area contributed by atoms with E-state index in [1.54, 1.807) is 10.8 Å². The van der Waals surface area contributed by atoms with Crippen molar-refractivity contribution < 1.29 is 4.79 Å². The number of carbonyl (C=O) groups excluding carboxylic acids is 1. The van der Waals surface area contributed by atoms with Gasteiger partial charge in [-0.15, -0.1) is 0 Å².